The minimum atomic E-state index is -0.279. The van der Waals surface area contributed by atoms with Gasteiger partial charge in [-0.3, -0.25) is 4.90 Å². The Balaban J connectivity index is 2.08. The fraction of sp³-hybridized carbons (Fsp3) is 0.500. The van der Waals surface area contributed by atoms with Gasteiger partial charge in [-0.2, -0.15) is 0 Å². The van der Waals surface area contributed by atoms with Crippen LogP contribution < -0.4 is 5.69 Å². The van der Waals surface area contributed by atoms with E-state index in [0.29, 0.717) is 12.4 Å². The molecular weight excluding hydrogens is 290 g/mol. The molecule has 2 aromatic rings. The number of imidazole rings is 1. The molecule has 0 bridgehead atoms. The van der Waals surface area contributed by atoms with Crippen molar-refractivity contribution in [3.8, 4) is 17.1 Å². The van der Waals surface area contributed by atoms with Crippen molar-refractivity contribution in [2.45, 2.75) is 46.2 Å². The smallest absolute Gasteiger partial charge is 0.330 e. The van der Waals surface area contributed by atoms with E-state index in [2.05, 4.69) is 16.8 Å². The van der Waals surface area contributed by atoms with Gasteiger partial charge >= 0.3 is 5.69 Å². The number of aryl methyl sites for hydroxylation is 1. The molecule has 0 saturated heterocycles. The first-order valence-corrected chi connectivity index (χ1v) is 8.30. The number of hydrogen-bond donors (Lipinski definition) is 2. The monoisotopic (exact) mass is 317 g/mol. The fourth-order valence-electron chi connectivity index (χ4n) is 2.63. The standard InChI is InChI=1S/C18H27N3O2/c1-4-5-6-7-12-20(3)13-21-17(22)16(19-18(21)23)15-10-8-14(2)9-11-15/h8-11,22H,4-7,12-13H2,1-3H3,(H,19,23). The number of rotatable bonds is 8. The predicted molar refractivity (Wildman–Crippen MR) is 93.7 cm³/mol. The Bertz CT molecular complexity index is 671. The van der Waals surface area contributed by atoms with Gasteiger partial charge in [0.15, 0.2) is 0 Å². The summed E-state index contributed by atoms with van der Waals surface area (Å²) < 4.78 is 1.38. The normalized spacial score (nSPS) is 11.3. The lowest BCUT2D eigenvalue weighted by molar-refractivity contribution is 0.243. The van der Waals surface area contributed by atoms with Gasteiger partial charge in [-0.15, -0.1) is 0 Å². The van der Waals surface area contributed by atoms with Gasteiger partial charge in [0.2, 0.25) is 5.88 Å². The molecule has 0 fully saturated rings. The van der Waals surface area contributed by atoms with E-state index in [4.69, 9.17) is 0 Å². The summed E-state index contributed by atoms with van der Waals surface area (Å²) in [4.78, 5) is 17.0. The van der Waals surface area contributed by atoms with Crippen LogP contribution in [0.2, 0.25) is 0 Å². The second kappa shape index (κ2) is 8.02. The van der Waals surface area contributed by atoms with E-state index < -0.39 is 0 Å². The Hall–Kier alpha value is -2.01. The maximum absolute atomic E-state index is 12.1. The van der Waals surface area contributed by atoms with Crippen molar-refractivity contribution >= 4 is 0 Å². The van der Waals surface area contributed by atoms with Crippen LogP contribution in [0.25, 0.3) is 11.3 Å². The van der Waals surface area contributed by atoms with Gasteiger partial charge in [0.1, 0.15) is 5.69 Å². The average Bonchev–Trinajstić information content (AvgIpc) is 2.80. The Morgan fingerprint density at radius 2 is 1.87 bits per heavy atom. The van der Waals surface area contributed by atoms with E-state index in [9.17, 15) is 9.90 Å². The molecule has 0 radical (unpaired) electrons. The molecule has 1 aromatic carbocycles. The summed E-state index contributed by atoms with van der Waals surface area (Å²) in [5.41, 5.74) is 2.16. The van der Waals surface area contributed by atoms with Gasteiger partial charge in [0.05, 0.1) is 6.67 Å². The lowest BCUT2D eigenvalue weighted by Gasteiger charge is -2.17. The molecule has 0 saturated carbocycles. The molecule has 0 amide bonds. The molecule has 0 spiro atoms. The zero-order valence-corrected chi connectivity index (χ0v) is 14.3. The summed E-state index contributed by atoms with van der Waals surface area (Å²) in [6, 6.07) is 7.73. The van der Waals surface area contributed by atoms with E-state index in [-0.39, 0.29) is 11.6 Å². The first kappa shape index (κ1) is 17.3. The van der Waals surface area contributed by atoms with E-state index in [0.717, 1.165) is 24.1 Å². The highest BCUT2D eigenvalue weighted by Gasteiger charge is 2.15. The molecule has 126 valence electrons. The largest absolute Gasteiger partial charge is 0.493 e. The number of nitrogens with one attached hydrogen (secondary N) is 1. The van der Waals surface area contributed by atoms with Crippen LogP contribution in [0, 0.1) is 6.92 Å². The Labute approximate surface area is 137 Å². The summed E-state index contributed by atoms with van der Waals surface area (Å²) in [5.74, 6) is -0.000684. The van der Waals surface area contributed by atoms with E-state index in [1.54, 1.807) is 0 Å². The maximum Gasteiger partial charge on any atom is 0.330 e. The molecule has 5 heteroatoms. The van der Waals surface area contributed by atoms with Crippen molar-refractivity contribution < 1.29 is 5.11 Å². The summed E-state index contributed by atoms with van der Waals surface area (Å²) in [7, 11) is 1.97. The lowest BCUT2D eigenvalue weighted by Crippen LogP contribution is -2.28. The third kappa shape index (κ3) is 4.48. The number of unbranched alkanes of at least 4 members (excludes halogenated alkanes) is 3. The highest BCUT2D eigenvalue weighted by atomic mass is 16.3. The molecule has 1 aromatic heterocycles. The van der Waals surface area contributed by atoms with E-state index >= 15 is 0 Å². The number of nitrogens with zero attached hydrogens (tertiary/aromatic N) is 2. The molecule has 1 heterocycles. The minimum Gasteiger partial charge on any atom is -0.493 e. The highest BCUT2D eigenvalue weighted by molar-refractivity contribution is 5.64. The van der Waals surface area contributed by atoms with Crippen LogP contribution in [0.15, 0.2) is 29.1 Å². The zero-order valence-electron chi connectivity index (χ0n) is 14.3. The van der Waals surface area contributed by atoms with Crippen molar-refractivity contribution in [2.75, 3.05) is 13.6 Å². The Morgan fingerprint density at radius 3 is 2.52 bits per heavy atom. The van der Waals surface area contributed by atoms with Crippen molar-refractivity contribution in [3.05, 3.63) is 40.3 Å². The van der Waals surface area contributed by atoms with Gasteiger partial charge in [-0.1, -0.05) is 56.0 Å². The first-order valence-electron chi connectivity index (χ1n) is 8.30. The molecule has 0 atom stereocenters. The highest BCUT2D eigenvalue weighted by Crippen LogP contribution is 2.26. The molecule has 2 rings (SSSR count). The first-order chi connectivity index (χ1) is 11.0. The van der Waals surface area contributed by atoms with Crippen molar-refractivity contribution in [3.63, 3.8) is 0 Å². The molecule has 23 heavy (non-hydrogen) atoms. The van der Waals surface area contributed by atoms with Crippen LogP contribution in [-0.4, -0.2) is 33.1 Å². The molecule has 5 nitrogen and oxygen atoms in total. The van der Waals surface area contributed by atoms with Crippen molar-refractivity contribution in [1.29, 1.82) is 0 Å². The van der Waals surface area contributed by atoms with Crippen molar-refractivity contribution in [1.82, 2.24) is 14.5 Å². The summed E-state index contributed by atoms with van der Waals surface area (Å²) in [6.07, 6.45) is 4.75. The van der Waals surface area contributed by atoms with E-state index in [1.165, 1.54) is 23.8 Å². The Kier molecular flexibility index (Phi) is 6.04. The zero-order chi connectivity index (χ0) is 16.8. The van der Waals surface area contributed by atoms with Gasteiger partial charge in [-0.05, 0) is 26.9 Å². The summed E-state index contributed by atoms with van der Waals surface area (Å²) in [6.45, 7) is 5.49. The van der Waals surface area contributed by atoms with Crippen LogP contribution in [0.4, 0.5) is 0 Å². The molecular formula is C18H27N3O2. The third-order valence-corrected chi connectivity index (χ3v) is 4.07. The fourth-order valence-corrected chi connectivity index (χ4v) is 2.63. The van der Waals surface area contributed by atoms with Crippen molar-refractivity contribution in [2.24, 2.45) is 0 Å². The summed E-state index contributed by atoms with van der Waals surface area (Å²) >= 11 is 0. The van der Waals surface area contributed by atoms with Gasteiger partial charge < -0.3 is 10.1 Å². The van der Waals surface area contributed by atoms with Gasteiger partial charge in [0, 0.05) is 5.56 Å². The topological polar surface area (TPSA) is 61.3 Å². The minimum absolute atomic E-state index is 0.000684. The van der Waals surface area contributed by atoms with E-state index in [1.807, 2.05) is 38.2 Å². The van der Waals surface area contributed by atoms with Gasteiger partial charge in [-0.25, -0.2) is 9.36 Å². The molecule has 0 unspecified atom stereocenters. The quantitative estimate of drug-likeness (QED) is 0.734. The maximum atomic E-state index is 12.1. The van der Waals surface area contributed by atoms with Crippen LogP contribution in [0.5, 0.6) is 5.88 Å². The van der Waals surface area contributed by atoms with Crippen LogP contribution in [0.3, 0.4) is 0 Å². The Morgan fingerprint density at radius 1 is 1.17 bits per heavy atom. The molecule has 2 N–H and O–H groups in total. The molecule has 0 aliphatic rings. The number of H-pyrrole nitrogens is 1. The second-order valence-electron chi connectivity index (χ2n) is 6.20. The number of aromatic nitrogens is 2. The second-order valence-corrected chi connectivity index (χ2v) is 6.20. The van der Waals surface area contributed by atoms with Crippen LogP contribution in [-0.2, 0) is 6.67 Å². The van der Waals surface area contributed by atoms with Gasteiger partial charge in [0.25, 0.3) is 0 Å². The predicted octanol–water partition coefficient (Wildman–Crippen LogP) is 3.33. The number of aromatic amines is 1. The molecule has 0 aliphatic heterocycles. The lowest BCUT2D eigenvalue weighted by atomic mass is 10.1. The summed E-state index contributed by atoms with van der Waals surface area (Å²) in [5, 5.41) is 10.4. The van der Waals surface area contributed by atoms with Crippen LogP contribution in [0.1, 0.15) is 38.2 Å². The third-order valence-electron chi connectivity index (χ3n) is 4.07. The number of aromatic hydroxyl groups is 1. The number of hydrogen-bond acceptors (Lipinski definition) is 3. The van der Waals surface area contributed by atoms with Crippen LogP contribution >= 0.6 is 0 Å². The SMILES string of the molecule is CCCCCCN(C)Cn1c(O)c(-c2ccc(C)cc2)[nH]c1=O. The average molecular weight is 317 g/mol. The molecule has 0 aliphatic carbocycles. The number of benzene rings is 1.